The summed E-state index contributed by atoms with van der Waals surface area (Å²) >= 11 is 17.3. The van der Waals surface area contributed by atoms with Crippen molar-refractivity contribution in [3.05, 3.63) is 30.1 Å². The molecule has 0 spiro atoms. The maximum Gasteiger partial charge on any atom is 0.228 e. The molecule has 19 heavy (non-hydrogen) atoms. The van der Waals surface area contributed by atoms with Crippen LogP contribution in [0, 0.1) is 5.82 Å². The van der Waals surface area contributed by atoms with Crippen molar-refractivity contribution < 1.29 is 9.18 Å². The van der Waals surface area contributed by atoms with Crippen molar-refractivity contribution in [3.8, 4) is 0 Å². The Bertz CT molecular complexity index is 437. The molecule has 106 valence electrons. The van der Waals surface area contributed by atoms with E-state index in [-0.39, 0.29) is 11.6 Å². The molecule has 0 aliphatic carbocycles. The van der Waals surface area contributed by atoms with E-state index in [1.54, 1.807) is 12.1 Å². The van der Waals surface area contributed by atoms with Gasteiger partial charge in [0.05, 0.1) is 5.69 Å². The first kappa shape index (κ1) is 16.3. The Morgan fingerprint density at radius 3 is 2.53 bits per heavy atom. The number of para-hydroxylation sites is 1. The van der Waals surface area contributed by atoms with Crippen LogP contribution in [0.15, 0.2) is 24.3 Å². The molecule has 0 saturated carbocycles. The largest absolute Gasteiger partial charge is 0.359 e. The molecule has 0 aliphatic heterocycles. The molecule has 1 amide bonds. The Hall–Kier alpha value is -0.710. The lowest BCUT2D eigenvalue weighted by molar-refractivity contribution is -0.121. The number of anilines is 1. The maximum atomic E-state index is 13.5. The van der Waals surface area contributed by atoms with E-state index in [4.69, 9.17) is 34.8 Å². The fourth-order valence-corrected chi connectivity index (χ4v) is 1.72. The second kappa shape index (κ2) is 7.17. The van der Waals surface area contributed by atoms with Crippen molar-refractivity contribution in [2.24, 2.45) is 0 Å². The Kier molecular flexibility index (Phi) is 6.17. The predicted molar refractivity (Wildman–Crippen MR) is 77.2 cm³/mol. The van der Waals surface area contributed by atoms with Gasteiger partial charge in [0.2, 0.25) is 9.70 Å². The van der Waals surface area contributed by atoms with E-state index in [2.05, 4.69) is 10.6 Å². The number of halogens is 4. The molecular formula is C12H14Cl3FN2O. The SMILES string of the molecule is CCCC(=O)N[C@@H](Nc1ccccc1F)C(Cl)(Cl)Cl. The Balaban J connectivity index is 2.82. The lowest BCUT2D eigenvalue weighted by atomic mass is 10.3. The van der Waals surface area contributed by atoms with E-state index < -0.39 is 15.8 Å². The number of nitrogens with one attached hydrogen (secondary N) is 2. The monoisotopic (exact) mass is 326 g/mol. The summed E-state index contributed by atoms with van der Waals surface area (Å²) < 4.78 is 11.7. The van der Waals surface area contributed by atoms with Crippen molar-refractivity contribution in [1.82, 2.24) is 5.32 Å². The molecule has 0 saturated heterocycles. The third-order valence-electron chi connectivity index (χ3n) is 2.28. The molecule has 1 aromatic rings. The second-order valence-electron chi connectivity index (χ2n) is 3.92. The quantitative estimate of drug-likeness (QED) is 0.637. The highest BCUT2D eigenvalue weighted by Gasteiger charge is 2.34. The minimum atomic E-state index is -1.80. The van der Waals surface area contributed by atoms with Gasteiger partial charge in [-0.25, -0.2) is 4.39 Å². The number of benzene rings is 1. The zero-order chi connectivity index (χ0) is 14.5. The van der Waals surface area contributed by atoms with E-state index in [0.29, 0.717) is 12.8 Å². The fourth-order valence-electron chi connectivity index (χ4n) is 1.39. The van der Waals surface area contributed by atoms with E-state index in [1.807, 2.05) is 6.92 Å². The lowest BCUT2D eigenvalue weighted by Gasteiger charge is -2.27. The summed E-state index contributed by atoms with van der Waals surface area (Å²) in [5, 5.41) is 5.19. The molecule has 0 radical (unpaired) electrons. The number of carbonyl (C=O) groups excluding carboxylic acids is 1. The number of rotatable bonds is 5. The van der Waals surface area contributed by atoms with Crippen LogP contribution in [0.4, 0.5) is 10.1 Å². The number of hydrogen-bond acceptors (Lipinski definition) is 2. The number of alkyl halides is 3. The summed E-state index contributed by atoms with van der Waals surface area (Å²) in [5.41, 5.74) is 0.149. The molecule has 1 aromatic carbocycles. The van der Waals surface area contributed by atoms with Crippen LogP contribution in [0.5, 0.6) is 0 Å². The zero-order valence-corrected chi connectivity index (χ0v) is 12.5. The molecule has 0 aromatic heterocycles. The van der Waals surface area contributed by atoms with E-state index in [0.717, 1.165) is 0 Å². The molecule has 0 aliphatic rings. The van der Waals surface area contributed by atoms with Crippen molar-refractivity contribution >= 4 is 46.4 Å². The van der Waals surface area contributed by atoms with Crippen molar-refractivity contribution in [2.75, 3.05) is 5.32 Å². The number of amides is 1. The third-order valence-corrected chi connectivity index (χ3v) is 2.94. The number of carbonyl (C=O) groups is 1. The first-order valence-corrected chi connectivity index (χ1v) is 6.85. The standard InChI is InChI=1S/C12H14Cl3FN2O/c1-2-5-10(19)18-11(12(13,14)15)17-9-7-4-3-6-8(9)16/h3-4,6-7,11,17H,2,5H2,1H3,(H,18,19)/t11-/m1/s1. The normalized spacial score (nSPS) is 12.9. The maximum absolute atomic E-state index is 13.5. The van der Waals surface area contributed by atoms with Gasteiger partial charge in [-0.2, -0.15) is 0 Å². The zero-order valence-electron chi connectivity index (χ0n) is 10.2. The summed E-state index contributed by atoms with van der Waals surface area (Å²) in [6.45, 7) is 1.86. The summed E-state index contributed by atoms with van der Waals surface area (Å²) in [6, 6.07) is 5.94. The van der Waals surface area contributed by atoms with Gasteiger partial charge in [0.25, 0.3) is 0 Å². The summed E-state index contributed by atoms with van der Waals surface area (Å²) in [5.74, 6) is -0.769. The van der Waals surface area contributed by atoms with E-state index in [1.165, 1.54) is 12.1 Å². The van der Waals surface area contributed by atoms with E-state index >= 15 is 0 Å². The van der Waals surface area contributed by atoms with Gasteiger partial charge in [0.1, 0.15) is 12.0 Å². The van der Waals surface area contributed by atoms with Crippen LogP contribution in [0.2, 0.25) is 0 Å². The van der Waals surface area contributed by atoms with Crippen LogP contribution < -0.4 is 10.6 Å². The van der Waals surface area contributed by atoms with Crippen LogP contribution in [-0.4, -0.2) is 15.9 Å². The highest BCUT2D eigenvalue weighted by Crippen LogP contribution is 2.31. The first-order chi connectivity index (χ1) is 8.84. The predicted octanol–water partition coefficient (Wildman–Crippen LogP) is 3.85. The van der Waals surface area contributed by atoms with Gasteiger partial charge >= 0.3 is 0 Å². The van der Waals surface area contributed by atoms with Gasteiger partial charge in [-0.05, 0) is 18.6 Å². The second-order valence-corrected chi connectivity index (χ2v) is 6.29. The molecular weight excluding hydrogens is 314 g/mol. The van der Waals surface area contributed by atoms with Gasteiger partial charge in [0, 0.05) is 6.42 Å². The smallest absolute Gasteiger partial charge is 0.228 e. The van der Waals surface area contributed by atoms with Crippen LogP contribution >= 0.6 is 34.8 Å². The van der Waals surface area contributed by atoms with E-state index in [9.17, 15) is 9.18 Å². The molecule has 1 atom stereocenters. The lowest BCUT2D eigenvalue weighted by Crippen LogP contribution is -2.49. The molecule has 3 nitrogen and oxygen atoms in total. The van der Waals surface area contributed by atoms with Crippen molar-refractivity contribution in [1.29, 1.82) is 0 Å². The molecule has 0 fully saturated rings. The Morgan fingerprint density at radius 1 is 1.37 bits per heavy atom. The highest BCUT2D eigenvalue weighted by atomic mass is 35.6. The molecule has 2 N–H and O–H groups in total. The molecule has 0 heterocycles. The molecule has 7 heteroatoms. The van der Waals surface area contributed by atoms with Crippen LogP contribution in [0.1, 0.15) is 19.8 Å². The average molecular weight is 328 g/mol. The first-order valence-electron chi connectivity index (χ1n) is 5.71. The van der Waals surface area contributed by atoms with Gasteiger partial charge in [0.15, 0.2) is 0 Å². The van der Waals surface area contributed by atoms with Crippen LogP contribution in [0.25, 0.3) is 0 Å². The minimum absolute atomic E-state index is 0.149. The van der Waals surface area contributed by atoms with Crippen molar-refractivity contribution in [2.45, 2.75) is 29.7 Å². The Morgan fingerprint density at radius 2 is 2.00 bits per heavy atom. The van der Waals surface area contributed by atoms with Crippen LogP contribution in [-0.2, 0) is 4.79 Å². The minimum Gasteiger partial charge on any atom is -0.359 e. The highest BCUT2D eigenvalue weighted by molar-refractivity contribution is 6.68. The van der Waals surface area contributed by atoms with Gasteiger partial charge in [-0.15, -0.1) is 0 Å². The topological polar surface area (TPSA) is 41.1 Å². The molecule has 0 unspecified atom stereocenters. The Labute approximate surface area is 126 Å². The summed E-state index contributed by atoms with van der Waals surface area (Å²) in [4.78, 5) is 11.6. The summed E-state index contributed by atoms with van der Waals surface area (Å²) in [7, 11) is 0. The average Bonchev–Trinajstić information content (AvgIpc) is 2.30. The summed E-state index contributed by atoms with van der Waals surface area (Å²) in [6.07, 6.45) is -0.0534. The van der Waals surface area contributed by atoms with Crippen LogP contribution in [0.3, 0.4) is 0 Å². The number of hydrogen-bond donors (Lipinski definition) is 2. The van der Waals surface area contributed by atoms with Gasteiger partial charge < -0.3 is 10.6 Å². The van der Waals surface area contributed by atoms with Gasteiger partial charge in [-0.1, -0.05) is 53.9 Å². The molecule has 1 rings (SSSR count). The third kappa shape index (κ3) is 5.43. The van der Waals surface area contributed by atoms with Gasteiger partial charge in [-0.3, -0.25) is 4.79 Å². The molecule has 0 bridgehead atoms. The van der Waals surface area contributed by atoms with Crippen molar-refractivity contribution in [3.63, 3.8) is 0 Å². The fraction of sp³-hybridized carbons (Fsp3) is 0.417.